The van der Waals surface area contributed by atoms with Gasteiger partial charge in [0.05, 0.1) is 25.4 Å². The predicted octanol–water partition coefficient (Wildman–Crippen LogP) is 3.70. The lowest BCUT2D eigenvalue weighted by Gasteiger charge is -2.35. The van der Waals surface area contributed by atoms with Crippen molar-refractivity contribution in [3.8, 4) is 5.75 Å². The summed E-state index contributed by atoms with van der Waals surface area (Å²) in [5.41, 5.74) is 1.29. The molecular formula is C20H33NO3. The van der Waals surface area contributed by atoms with Gasteiger partial charge in [-0.1, -0.05) is 32.0 Å². The number of morpholine rings is 1. The molecule has 1 aliphatic rings. The molecule has 0 amide bonds. The topological polar surface area (TPSA) is 30.9 Å². The number of para-hydroxylation sites is 1. The van der Waals surface area contributed by atoms with Crippen LogP contribution in [0.1, 0.15) is 45.6 Å². The van der Waals surface area contributed by atoms with E-state index in [4.69, 9.17) is 14.2 Å². The fourth-order valence-electron chi connectivity index (χ4n) is 3.21. The minimum absolute atomic E-state index is 0.314. The van der Waals surface area contributed by atoms with E-state index >= 15 is 0 Å². The number of hydrogen-bond donors (Lipinski definition) is 0. The first-order valence-electron chi connectivity index (χ1n) is 9.27. The van der Waals surface area contributed by atoms with E-state index in [2.05, 4.69) is 50.8 Å². The minimum atomic E-state index is 0.314. The molecule has 0 saturated carbocycles. The van der Waals surface area contributed by atoms with Crippen LogP contribution in [0, 0.1) is 0 Å². The number of ether oxygens (including phenoxy) is 3. The molecule has 24 heavy (non-hydrogen) atoms. The Morgan fingerprint density at radius 3 is 2.54 bits per heavy atom. The molecule has 4 heteroatoms. The van der Waals surface area contributed by atoms with Crippen LogP contribution < -0.4 is 4.74 Å². The van der Waals surface area contributed by atoms with Crippen LogP contribution in [-0.2, 0) is 9.47 Å². The highest BCUT2D eigenvalue weighted by Crippen LogP contribution is 2.28. The van der Waals surface area contributed by atoms with Crippen LogP contribution in [0.3, 0.4) is 0 Å². The molecule has 1 aliphatic heterocycles. The summed E-state index contributed by atoms with van der Waals surface area (Å²) in [6.45, 7) is 13.6. The Morgan fingerprint density at radius 2 is 1.83 bits per heavy atom. The maximum Gasteiger partial charge on any atom is 0.122 e. The van der Waals surface area contributed by atoms with Gasteiger partial charge in [0.25, 0.3) is 0 Å². The summed E-state index contributed by atoms with van der Waals surface area (Å²) in [4.78, 5) is 2.41. The van der Waals surface area contributed by atoms with Crippen LogP contribution >= 0.6 is 0 Å². The van der Waals surface area contributed by atoms with Gasteiger partial charge in [-0.15, -0.1) is 0 Å². The molecule has 1 heterocycles. The molecule has 1 aromatic rings. The molecule has 2 rings (SSSR count). The largest absolute Gasteiger partial charge is 0.491 e. The molecular weight excluding hydrogens is 302 g/mol. The van der Waals surface area contributed by atoms with Crippen LogP contribution in [0.25, 0.3) is 0 Å². The third-order valence-electron chi connectivity index (χ3n) is 4.59. The summed E-state index contributed by atoms with van der Waals surface area (Å²) in [5.74, 6) is 1.51. The van der Waals surface area contributed by atoms with Crippen molar-refractivity contribution in [1.29, 1.82) is 0 Å². The minimum Gasteiger partial charge on any atom is -0.491 e. The summed E-state index contributed by atoms with van der Waals surface area (Å²) in [6, 6.07) is 8.32. The molecule has 0 radical (unpaired) electrons. The standard InChI is InChI=1S/C20H33NO3/c1-5-16(2)19-8-6-7-9-20(19)23-13-12-22-11-10-21-14-17(3)24-18(4)15-21/h6-9,16-18H,5,10-15H2,1-4H3. The van der Waals surface area contributed by atoms with Crippen LogP contribution in [0.5, 0.6) is 5.75 Å². The van der Waals surface area contributed by atoms with Gasteiger partial charge in [0.15, 0.2) is 0 Å². The van der Waals surface area contributed by atoms with Crippen LogP contribution in [-0.4, -0.2) is 56.6 Å². The van der Waals surface area contributed by atoms with Crippen molar-refractivity contribution in [2.75, 3.05) is 39.5 Å². The van der Waals surface area contributed by atoms with Crippen molar-refractivity contribution in [1.82, 2.24) is 4.90 Å². The number of nitrogens with zero attached hydrogens (tertiary/aromatic N) is 1. The lowest BCUT2D eigenvalue weighted by atomic mass is 9.98. The molecule has 0 N–H and O–H groups in total. The third kappa shape index (κ3) is 6.08. The summed E-state index contributed by atoms with van der Waals surface area (Å²) in [5, 5.41) is 0. The third-order valence-corrected chi connectivity index (χ3v) is 4.59. The van der Waals surface area contributed by atoms with Gasteiger partial charge >= 0.3 is 0 Å². The normalized spacial score (nSPS) is 23.2. The molecule has 1 saturated heterocycles. The van der Waals surface area contributed by atoms with Crippen molar-refractivity contribution in [2.45, 2.75) is 52.2 Å². The van der Waals surface area contributed by atoms with Gasteiger partial charge < -0.3 is 14.2 Å². The molecule has 1 fully saturated rings. The summed E-state index contributed by atoms with van der Waals surface area (Å²) in [6.07, 6.45) is 1.75. The van der Waals surface area contributed by atoms with Crippen molar-refractivity contribution in [3.05, 3.63) is 29.8 Å². The smallest absolute Gasteiger partial charge is 0.122 e. The molecule has 0 aromatic heterocycles. The molecule has 1 aromatic carbocycles. The number of benzene rings is 1. The van der Waals surface area contributed by atoms with E-state index in [9.17, 15) is 0 Å². The summed E-state index contributed by atoms with van der Waals surface area (Å²) < 4.78 is 17.4. The van der Waals surface area contributed by atoms with Crippen molar-refractivity contribution < 1.29 is 14.2 Å². The molecule has 0 bridgehead atoms. The Bertz CT molecular complexity index is 470. The SMILES string of the molecule is CCC(C)c1ccccc1OCCOCCN1CC(C)OC(C)C1. The van der Waals surface area contributed by atoms with Crippen molar-refractivity contribution in [3.63, 3.8) is 0 Å². The first-order valence-corrected chi connectivity index (χ1v) is 9.27. The Morgan fingerprint density at radius 1 is 1.12 bits per heavy atom. The van der Waals surface area contributed by atoms with Gasteiger partial charge in [0.2, 0.25) is 0 Å². The van der Waals surface area contributed by atoms with E-state index in [0.717, 1.165) is 38.4 Å². The average molecular weight is 335 g/mol. The lowest BCUT2D eigenvalue weighted by Crippen LogP contribution is -2.46. The van der Waals surface area contributed by atoms with Gasteiger partial charge in [-0.2, -0.15) is 0 Å². The summed E-state index contributed by atoms with van der Waals surface area (Å²) >= 11 is 0. The average Bonchev–Trinajstić information content (AvgIpc) is 2.56. The number of rotatable bonds is 9. The highest BCUT2D eigenvalue weighted by Gasteiger charge is 2.21. The molecule has 0 aliphatic carbocycles. The zero-order valence-electron chi connectivity index (χ0n) is 15.7. The second-order valence-electron chi connectivity index (χ2n) is 6.82. The number of hydrogen-bond acceptors (Lipinski definition) is 4. The van der Waals surface area contributed by atoms with E-state index in [1.54, 1.807) is 0 Å². The lowest BCUT2D eigenvalue weighted by molar-refractivity contribution is -0.0734. The Balaban J connectivity index is 1.63. The Kier molecular flexibility index (Phi) is 8.03. The molecule has 136 valence electrons. The zero-order chi connectivity index (χ0) is 17.4. The quantitative estimate of drug-likeness (QED) is 0.644. The van der Waals surface area contributed by atoms with E-state index in [1.165, 1.54) is 5.56 Å². The molecule has 3 unspecified atom stereocenters. The van der Waals surface area contributed by atoms with Gasteiger partial charge in [-0.25, -0.2) is 0 Å². The van der Waals surface area contributed by atoms with Gasteiger partial charge in [0, 0.05) is 19.6 Å². The molecule has 3 atom stereocenters. The van der Waals surface area contributed by atoms with Crippen LogP contribution in [0.2, 0.25) is 0 Å². The predicted molar refractivity (Wildman–Crippen MR) is 97.9 cm³/mol. The fourth-order valence-corrected chi connectivity index (χ4v) is 3.21. The van der Waals surface area contributed by atoms with Gasteiger partial charge in [-0.3, -0.25) is 4.90 Å². The highest BCUT2D eigenvalue weighted by atomic mass is 16.5. The monoisotopic (exact) mass is 335 g/mol. The van der Waals surface area contributed by atoms with Crippen molar-refractivity contribution >= 4 is 0 Å². The first-order chi connectivity index (χ1) is 11.6. The zero-order valence-corrected chi connectivity index (χ0v) is 15.7. The van der Waals surface area contributed by atoms with Gasteiger partial charge in [0.1, 0.15) is 12.4 Å². The van der Waals surface area contributed by atoms with E-state index in [-0.39, 0.29) is 0 Å². The maximum absolute atomic E-state index is 5.93. The molecule has 4 nitrogen and oxygen atoms in total. The maximum atomic E-state index is 5.93. The van der Waals surface area contributed by atoms with Crippen molar-refractivity contribution in [2.24, 2.45) is 0 Å². The van der Waals surface area contributed by atoms with E-state index < -0.39 is 0 Å². The second kappa shape index (κ2) is 10.0. The van der Waals surface area contributed by atoms with E-state index in [1.807, 2.05) is 6.07 Å². The van der Waals surface area contributed by atoms with E-state index in [0.29, 0.717) is 31.3 Å². The molecule has 0 spiro atoms. The first kappa shape index (κ1) is 19.2. The fraction of sp³-hybridized carbons (Fsp3) is 0.700. The Labute approximate surface area is 147 Å². The van der Waals surface area contributed by atoms with Crippen LogP contribution in [0.4, 0.5) is 0 Å². The summed E-state index contributed by atoms with van der Waals surface area (Å²) in [7, 11) is 0. The Hall–Kier alpha value is -1.10. The van der Waals surface area contributed by atoms with Crippen LogP contribution in [0.15, 0.2) is 24.3 Å². The second-order valence-corrected chi connectivity index (χ2v) is 6.82. The van der Waals surface area contributed by atoms with Gasteiger partial charge in [-0.05, 0) is 37.8 Å². The highest BCUT2D eigenvalue weighted by molar-refractivity contribution is 5.35.